The molecule has 0 spiro atoms. The number of alkyl halides is 3. The predicted octanol–water partition coefficient (Wildman–Crippen LogP) is 2.23. The lowest BCUT2D eigenvalue weighted by molar-refractivity contribution is -0.192. The molecule has 11 heteroatoms. The number of hydrogen-bond acceptors (Lipinski definition) is 6. The zero-order chi connectivity index (χ0) is 21.6. The van der Waals surface area contributed by atoms with Crippen molar-refractivity contribution in [3.05, 3.63) is 35.5 Å². The second kappa shape index (κ2) is 9.68. The third-order valence-electron chi connectivity index (χ3n) is 4.09. The number of carbonyl (C=O) groups is 1. The van der Waals surface area contributed by atoms with Crippen molar-refractivity contribution in [1.82, 2.24) is 24.6 Å². The minimum Gasteiger partial charge on any atom is -0.475 e. The highest BCUT2D eigenvalue weighted by Gasteiger charge is 2.38. The van der Waals surface area contributed by atoms with Gasteiger partial charge in [0.05, 0.1) is 18.0 Å². The van der Waals surface area contributed by atoms with Crippen LogP contribution >= 0.6 is 0 Å². The topological polar surface area (TPSA) is 93.4 Å². The highest BCUT2D eigenvalue weighted by Crippen LogP contribution is 2.23. The average molecular weight is 415 g/mol. The standard InChI is InChI=1S/C16H23N5O.C2HF3O2/c1-12(2)22-16-14-4-6-21(7-5-15(14)17-11-18-16)10-13-8-19-20(3)9-13;3-2(4,5)1(6)7/h8-9,11-12H,4-7,10H2,1-3H3;(H,6,7). The number of aliphatic carboxylic acids is 1. The molecule has 2 aromatic rings. The number of nitrogens with zero attached hydrogens (tertiary/aromatic N) is 5. The van der Waals surface area contributed by atoms with Gasteiger partial charge in [-0.25, -0.2) is 14.8 Å². The Balaban J connectivity index is 0.000000370. The summed E-state index contributed by atoms with van der Waals surface area (Å²) in [5.74, 6) is -2.00. The van der Waals surface area contributed by atoms with E-state index in [1.54, 1.807) is 6.33 Å². The molecule has 3 rings (SSSR count). The lowest BCUT2D eigenvalue weighted by atomic mass is 10.1. The summed E-state index contributed by atoms with van der Waals surface area (Å²) in [6, 6.07) is 0. The summed E-state index contributed by atoms with van der Waals surface area (Å²) >= 11 is 0. The molecule has 0 saturated carbocycles. The second-order valence-corrected chi connectivity index (χ2v) is 6.87. The first-order chi connectivity index (χ1) is 13.6. The molecule has 160 valence electrons. The van der Waals surface area contributed by atoms with Crippen LogP contribution in [0.2, 0.25) is 0 Å². The molecule has 8 nitrogen and oxygen atoms in total. The van der Waals surface area contributed by atoms with Crippen molar-refractivity contribution in [3.8, 4) is 5.88 Å². The van der Waals surface area contributed by atoms with Crippen LogP contribution in [0, 0.1) is 0 Å². The van der Waals surface area contributed by atoms with Gasteiger partial charge in [0.25, 0.3) is 0 Å². The van der Waals surface area contributed by atoms with E-state index in [2.05, 4.69) is 26.2 Å². The Hall–Kier alpha value is -2.69. The van der Waals surface area contributed by atoms with E-state index in [0.29, 0.717) is 0 Å². The van der Waals surface area contributed by atoms with E-state index < -0.39 is 12.1 Å². The van der Waals surface area contributed by atoms with Crippen LogP contribution < -0.4 is 4.74 Å². The van der Waals surface area contributed by atoms with Crippen LogP contribution in [0.3, 0.4) is 0 Å². The maximum atomic E-state index is 10.6. The van der Waals surface area contributed by atoms with Gasteiger partial charge in [-0.15, -0.1) is 0 Å². The third-order valence-corrected chi connectivity index (χ3v) is 4.09. The van der Waals surface area contributed by atoms with Crippen LogP contribution in [0.25, 0.3) is 0 Å². The highest BCUT2D eigenvalue weighted by atomic mass is 19.4. The van der Waals surface area contributed by atoms with E-state index in [1.807, 2.05) is 31.8 Å². The summed E-state index contributed by atoms with van der Waals surface area (Å²) < 4.78 is 39.4. The van der Waals surface area contributed by atoms with Gasteiger partial charge in [-0.1, -0.05) is 0 Å². The fourth-order valence-corrected chi connectivity index (χ4v) is 2.84. The fraction of sp³-hybridized carbons (Fsp3) is 0.556. The first kappa shape index (κ1) is 22.6. The van der Waals surface area contributed by atoms with Gasteiger partial charge in [0.2, 0.25) is 5.88 Å². The summed E-state index contributed by atoms with van der Waals surface area (Å²) in [6.07, 6.45) is 2.54. The molecule has 0 aromatic carbocycles. The van der Waals surface area contributed by atoms with E-state index >= 15 is 0 Å². The van der Waals surface area contributed by atoms with Crippen molar-refractivity contribution in [2.45, 2.75) is 45.5 Å². The van der Waals surface area contributed by atoms with Gasteiger partial charge in [-0.2, -0.15) is 18.3 Å². The molecular weight excluding hydrogens is 391 g/mol. The molecule has 1 aliphatic rings. The zero-order valence-corrected chi connectivity index (χ0v) is 16.5. The van der Waals surface area contributed by atoms with Crippen LogP contribution in [0.15, 0.2) is 18.7 Å². The lowest BCUT2D eigenvalue weighted by Gasteiger charge is -2.18. The third kappa shape index (κ3) is 7.00. The van der Waals surface area contributed by atoms with Gasteiger partial charge in [-0.3, -0.25) is 9.58 Å². The predicted molar refractivity (Wildman–Crippen MR) is 97.4 cm³/mol. The van der Waals surface area contributed by atoms with Gasteiger partial charge in [0.1, 0.15) is 6.33 Å². The minimum absolute atomic E-state index is 0.133. The number of aromatic nitrogens is 4. The van der Waals surface area contributed by atoms with E-state index in [9.17, 15) is 13.2 Å². The molecular formula is C18H24F3N5O3. The number of carboxylic acids is 1. The van der Waals surface area contributed by atoms with E-state index in [-0.39, 0.29) is 6.10 Å². The van der Waals surface area contributed by atoms with Crippen molar-refractivity contribution in [3.63, 3.8) is 0 Å². The summed E-state index contributed by atoms with van der Waals surface area (Å²) in [6.45, 7) is 6.97. The lowest BCUT2D eigenvalue weighted by Crippen LogP contribution is -2.25. The molecule has 0 unspecified atom stereocenters. The Morgan fingerprint density at radius 2 is 1.93 bits per heavy atom. The van der Waals surface area contributed by atoms with Crippen LogP contribution in [0.1, 0.15) is 30.7 Å². The monoisotopic (exact) mass is 415 g/mol. The van der Waals surface area contributed by atoms with E-state index in [4.69, 9.17) is 14.6 Å². The van der Waals surface area contributed by atoms with Gasteiger partial charge in [0.15, 0.2) is 0 Å². The van der Waals surface area contributed by atoms with Gasteiger partial charge < -0.3 is 9.84 Å². The number of carboxylic acid groups (broad SMARTS) is 1. The normalized spacial score (nSPS) is 14.6. The van der Waals surface area contributed by atoms with Crippen LogP contribution in [0.5, 0.6) is 5.88 Å². The molecule has 0 aliphatic carbocycles. The SMILES string of the molecule is CC(C)Oc1ncnc2c1CCN(Cc1cnn(C)c1)CC2.O=C(O)C(F)(F)F. The summed E-state index contributed by atoms with van der Waals surface area (Å²) in [4.78, 5) is 20.1. The van der Waals surface area contributed by atoms with Gasteiger partial charge in [-0.05, 0) is 20.3 Å². The van der Waals surface area contributed by atoms with Crippen molar-refractivity contribution >= 4 is 5.97 Å². The van der Waals surface area contributed by atoms with E-state index in [1.165, 1.54) is 11.1 Å². The second-order valence-electron chi connectivity index (χ2n) is 6.87. The van der Waals surface area contributed by atoms with Crippen molar-refractivity contribution in [1.29, 1.82) is 0 Å². The zero-order valence-electron chi connectivity index (χ0n) is 16.5. The number of ether oxygens (including phenoxy) is 1. The Morgan fingerprint density at radius 3 is 2.48 bits per heavy atom. The van der Waals surface area contributed by atoms with Crippen LogP contribution in [-0.4, -0.2) is 61.1 Å². The molecule has 29 heavy (non-hydrogen) atoms. The quantitative estimate of drug-likeness (QED) is 0.819. The first-order valence-corrected chi connectivity index (χ1v) is 9.05. The minimum atomic E-state index is -5.08. The van der Waals surface area contributed by atoms with Crippen LogP contribution in [0.4, 0.5) is 13.2 Å². The van der Waals surface area contributed by atoms with Crippen molar-refractivity contribution < 1.29 is 27.8 Å². The molecule has 1 N–H and O–H groups in total. The highest BCUT2D eigenvalue weighted by molar-refractivity contribution is 5.73. The molecule has 0 atom stereocenters. The molecule has 0 saturated heterocycles. The van der Waals surface area contributed by atoms with Crippen molar-refractivity contribution in [2.75, 3.05) is 13.1 Å². The summed E-state index contributed by atoms with van der Waals surface area (Å²) in [5.41, 5.74) is 3.54. The number of halogens is 3. The Bertz CT molecular complexity index is 823. The average Bonchev–Trinajstić information content (AvgIpc) is 2.90. The van der Waals surface area contributed by atoms with E-state index in [0.717, 1.165) is 44.0 Å². The molecule has 1 aliphatic heterocycles. The van der Waals surface area contributed by atoms with Gasteiger partial charge >= 0.3 is 12.1 Å². The number of hydrogen-bond donors (Lipinski definition) is 1. The molecule has 0 radical (unpaired) electrons. The summed E-state index contributed by atoms with van der Waals surface area (Å²) in [7, 11) is 1.95. The fourth-order valence-electron chi connectivity index (χ4n) is 2.84. The molecule has 0 fully saturated rings. The maximum absolute atomic E-state index is 10.6. The molecule has 0 bridgehead atoms. The summed E-state index contributed by atoms with van der Waals surface area (Å²) in [5, 5.41) is 11.4. The van der Waals surface area contributed by atoms with Crippen LogP contribution in [-0.2, 0) is 31.2 Å². The number of fused-ring (bicyclic) bond motifs is 1. The Kier molecular flexibility index (Phi) is 7.54. The van der Waals surface area contributed by atoms with Gasteiger partial charge in [0, 0.05) is 50.4 Å². The smallest absolute Gasteiger partial charge is 0.475 e. The van der Waals surface area contributed by atoms with Crippen molar-refractivity contribution in [2.24, 2.45) is 7.05 Å². The molecule has 2 aromatic heterocycles. The first-order valence-electron chi connectivity index (χ1n) is 9.05. The Labute approximate surface area is 166 Å². The largest absolute Gasteiger partial charge is 0.490 e. The molecule has 3 heterocycles. The number of rotatable bonds is 4. The number of aryl methyl sites for hydroxylation is 1. The molecule has 0 amide bonds. The Morgan fingerprint density at radius 1 is 1.28 bits per heavy atom. The maximum Gasteiger partial charge on any atom is 0.490 e.